The van der Waals surface area contributed by atoms with Crippen molar-refractivity contribution in [1.82, 2.24) is 9.97 Å². The van der Waals surface area contributed by atoms with Gasteiger partial charge < -0.3 is 25.5 Å². The van der Waals surface area contributed by atoms with E-state index in [1.165, 1.54) is 30.6 Å². The van der Waals surface area contributed by atoms with Crippen molar-refractivity contribution in [2.75, 3.05) is 30.4 Å². The summed E-state index contributed by atoms with van der Waals surface area (Å²) in [6.45, 7) is 2.10. The molecule has 2 heterocycles. The molecule has 0 amide bonds. The maximum Gasteiger partial charge on any atom is 0.573 e. The number of benzene rings is 1. The van der Waals surface area contributed by atoms with Crippen LogP contribution in [0.3, 0.4) is 0 Å². The monoisotopic (exact) mass is 381 g/mol. The van der Waals surface area contributed by atoms with Crippen LogP contribution < -0.4 is 15.4 Å². The Kier molecular flexibility index (Phi) is 5.75. The molecule has 0 aliphatic carbocycles. The lowest BCUT2D eigenvalue weighted by Crippen LogP contribution is -2.17. The van der Waals surface area contributed by atoms with E-state index in [2.05, 4.69) is 25.3 Å². The summed E-state index contributed by atoms with van der Waals surface area (Å²) in [4.78, 5) is 8.29. The number of ether oxygens (including phenoxy) is 2. The Morgan fingerprint density at radius 3 is 2.59 bits per heavy atom. The van der Waals surface area contributed by atoms with Crippen molar-refractivity contribution in [2.45, 2.75) is 12.8 Å². The predicted octanol–water partition coefficient (Wildman–Crippen LogP) is 3.56. The number of hydrogen-bond acceptors (Lipinski definition) is 7. The summed E-state index contributed by atoms with van der Waals surface area (Å²) in [5.41, 5.74) is 0.952. The van der Waals surface area contributed by atoms with Crippen LogP contribution in [0.2, 0.25) is 0 Å². The third-order valence-corrected chi connectivity index (χ3v) is 3.96. The summed E-state index contributed by atoms with van der Waals surface area (Å²) in [5.74, 6) is 0.946. The molecule has 1 aliphatic heterocycles. The van der Waals surface area contributed by atoms with Gasteiger partial charge in [0.15, 0.2) is 0 Å². The van der Waals surface area contributed by atoms with Crippen molar-refractivity contribution in [3.05, 3.63) is 36.2 Å². The van der Waals surface area contributed by atoms with Crippen LogP contribution in [-0.4, -0.2) is 42.3 Å². The van der Waals surface area contributed by atoms with Gasteiger partial charge in [-0.15, -0.1) is 13.2 Å². The minimum atomic E-state index is -4.74. The van der Waals surface area contributed by atoms with Gasteiger partial charge >= 0.3 is 6.36 Å². The summed E-state index contributed by atoms with van der Waals surface area (Å²) in [6.07, 6.45) is -1.30. The second-order valence-electron chi connectivity index (χ2n) is 5.94. The molecule has 0 bridgehead atoms. The van der Waals surface area contributed by atoms with Crippen LogP contribution in [0.15, 0.2) is 30.6 Å². The fourth-order valence-electron chi connectivity index (χ4n) is 2.63. The van der Waals surface area contributed by atoms with Crippen LogP contribution in [0.5, 0.6) is 5.75 Å². The van der Waals surface area contributed by atoms with Crippen LogP contribution in [0.4, 0.5) is 30.5 Å². The van der Waals surface area contributed by atoms with Gasteiger partial charge in [0, 0.05) is 31.0 Å². The van der Waals surface area contributed by atoms with Gasteiger partial charge in [-0.1, -0.05) is 0 Å². The Balaban J connectivity index is 1.70. The molecule has 1 fully saturated rings. The molecule has 1 aromatic heterocycles. The number of anilines is 3. The summed E-state index contributed by atoms with van der Waals surface area (Å²) in [7, 11) is 0. The van der Waals surface area contributed by atoms with E-state index in [0.717, 1.165) is 19.2 Å². The van der Waals surface area contributed by atoms with Crippen LogP contribution in [0.25, 0.3) is 0 Å². The lowest BCUT2D eigenvalue weighted by molar-refractivity contribution is -0.274. The van der Waals surface area contributed by atoms with E-state index in [4.69, 9.17) is 10.1 Å². The molecule has 1 atom stereocenters. The number of rotatable bonds is 7. The molecule has 1 unspecified atom stereocenters. The number of aromatic nitrogens is 2. The third-order valence-electron chi connectivity index (χ3n) is 3.96. The number of nitrogens with one attached hydrogen (secondary N) is 3. The van der Waals surface area contributed by atoms with Gasteiger partial charge in [-0.05, 0) is 30.7 Å². The van der Waals surface area contributed by atoms with Crippen molar-refractivity contribution in [3.8, 4) is 5.75 Å². The molecule has 1 aliphatic rings. The summed E-state index contributed by atoms with van der Waals surface area (Å²) in [5, 5.41) is 13.8. The van der Waals surface area contributed by atoms with Crippen LogP contribution in [0.1, 0.15) is 12.0 Å². The number of alkyl halides is 3. The first-order valence-corrected chi connectivity index (χ1v) is 8.24. The predicted molar refractivity (Wildman–Crippen MR) is 93.7 cm³/mol. The van der Waals surface area contributed by atoms with Crippen molar-refractivity contribution >= 4 is 23.5 Å². The summed E-state index contributed by atoms with van der Waals surface area (Å²) in [6, 6.07) is 5.25. The van der Waals surface area contributed by atoms with Gasteiger partial charge in [-0.2, -0.15) is 0 Å². The number of hydrogen-bond donors (Lipinski definition) is 3. The second-order valence-corrected chi connectivity index (χ2v) is 5.94. The van der Waals surface area contributed by atoms with Gasteiger partial charge in [0.1, 0.15) is 23.7 Å². The lowest BCUT2D eigenvalue weighted by Gasteiger charge is -2.15. The number of nitrogens with zero attached hydrogens (tertiary/aromatic N) is 2. The van der Waals surface area contributed by atoms with E-state index in [-0.39, 0.29) is 5.75 Å². The largest absolute Gasteiger partial charge is 0.573 e. The Hall–Kier alpha value is -2.88. The van der Waals surface area contributed by atoms with Crippen molar-refractivity contribution in [2.24, 2.45) is 5.92 Å². The normalized spacial score (nSPS) is 16.8. The van der Waals surface area contributed by atoms with E-state index in [9.17, 15) is 13.2 Å². The minimum Gasteiger partial charge on any atom is -0.406 e. The molecule has 0 spiro atoms. The average Bonchev–Trinajstić information content (AvgIpc) is 3.14. The Bertz CT molecular complexity index is 777. The first-order chi connectivity index (χ1) is 12.9. The van der Waals surface area contributed by atoms with Crippen molar-refractivity contribution in [3.63, 3.8) is 0 Å². The molecule has 2 aromatic rings. The number of halogens is 3. The second kappa shape index (κ2) is 8.21. The standard InChI is InChI=1S/C17H18F3N5O2/c18-17(19,20)27-13-3-1-12(2-4-13)25-16-14(7-21)15(23-10-24-16)22-8-11-5-6-26-9-11/h1-4,7,10-11,21H,5-6,8-9H2,(H2,22,23,24,25). The highest BCUT2D eigenvalue weighted by Gasteiger charge is 2.31. The first-order valence-electron chi connectivity index (χ1n) is 8.24. The smallest absolute Gasteiger partial charge is 0.406 e. The Labute approximate surface area is 153 Å². The molecule has 0 saturated carbocycles. The third kappa shape index (κ3) is 5.30. The highest BCUT2D eigenvalue weighted by atomic mass is 19.4. The molecule has 7 nitrogen and oxygen atoms in total. The molecule has 144 valence electrons. The quantitative estimate of drug-likeness (QED) is 0.635. The Morgan fingerprint density at radius 1 is 1.22 bits per heavy atom. The van der Waals surface area contributed by atoms with E-state index in [1.54, 1.807) is 0 Å². The lowest BCUT2D eigenvalue weighted by atomic mass is 10.1. The zero-order valence-corrected chi connectivity index (χ0v) is 14.2. The molecule has 0 radical (unpaired) electrons. The summed E-state index contributed by atoms with van der Waals surface area (Å²) >= 11 is 0. The molecule has 3 N–H and O–H groups in total. The van der Waals surface area contributed by atoms with E-state index >= 15 is 0 Å². The van der Waals surface area contributed by atoms with Gasteiger partial charge in [-0.25, -0.2) is 9.97 Å². The topological polar surface area (TPSA) is 92.2 Å². The Morgan fingerprint density at radius 2 is 1.96 bits per heavy atom. The van der Waals surface area contributed by atoms with E-state index < -0.39 is 6.36 Å². The van der Waals surface area contributed by atoms with Gasteiger partial charge in [0.25, 0.3) is 0 Å². The van der Waals surface area contributed by atoms with Crippen LogP contribution in [-0.2, 0) is 4.74 Å². The summed E-state index contributed by atoms with van der Waals surface area (Å²) < 4.78 is 45.8. The zero-order chi connectivity index (χ0) is 19.3. The molecule has 1 saturated heterocycles. The minimum absolute atomic E-state index is 0.316. The van der Waals surface area contributed by atoms with Crippen molar-refractivity contribution < 1.29 is 22.6 Å². The van der Waals surface area contributed by atoms with Gasteiger partial charge in [0.2, 0.25) is 0 Å². The first kappa shape index (κ1) is 18.9. The molecular weight excluding hydrogens is 363 g/mol. The zero-order valence-electron chi connectivity index (χ0n) is 14.2. The van der Waals surface area contributed by atoms with Gasteiger partial charge in [0.05, 0.1) is 12.2 Å². The van der Waals surface area contributed by atoms with E-state index in [0.29, 0.717) is 42.0 Å². The molecule has 1 aromatic carbocycles. The molecule has 27 heavy (non-hydrogen) atoms. The highest BCUT2D eigenvalue weighted by molar-refractivity contribution is 5.91. The fourth-order valence-corrected chi connectivity index (χ4v) is 2.63. The van der Waals surface area contributed by atoms with Gasteiger partial charge in [-0.3, -0.25) is 0 Å². The van der Waals surface area contributed by atoms with Crippen LogP contribution in [0, 0.1) is 11.3 Å². The SMILES string of the molecule is N=Cc1c(NCC2CCOC2)ncnc1Nc1ccc(OC(F)(F)F)cc1. The highest BCUT2D eigenvalue weighted by Crippen LogP contribution is 2.26. The maximum atomic E-state index is 12.2. The van der Waals surface area contributed by atoms with Crippen LogP contribution >= 0.6 is 0 Å². The van der Waals surface area contributed by atoms with E-state index in [1.807, 2.05) is 0 Å². The van der Waals surface area contributed by atoms with Crippen molar-refractivity contribution in [1.29, 1.82) is 5.41 Å². The molecule has 3 rings (SSSR count). The molecule has 10 heteroatoms. The fraction of sp³-hybridized carbons (Fsp3) is 0.353. The average molecular weight is 381 g/mol. The molecular formula is C17H18F3N5O2. The maximum absolute atomic E-state index is 12.2.